The van der Waals surface area contributed by atoms with E-state index in [1.54, 1.807) is 19.1 Å². The quantitative estimate of drug-likeness (QED) is 0.795. The Kier molecular flexibility index (Phi) is 3.32. The molecular formula is C19H14O5. The Morgan fingerprint density at radius 2 is 1.71 bits per heavy atom. The molecule has 0 fully saturated rings. The lowest BCUT2D eigenvalue weighted by atomic mass is 9.79. The third-order valence-corrected chi connectivity index (χ3v) is 4.56. The number of carbonyl (C=O) groups is 3. The molecule has 2 aromatic rings. The smallest absolute Gasteiger partial charge is 0.295 e. The van der Waals surface area contributed by atoms with Crippen molar-refractivity contribution in [2.45, 2.75) is 25.7 Å². The molecule has 5 nitrogen and oxygen atoms in total. The molecule has 1 heterocycles. The summed E-state index contributed by atoms with van der Waals surface area (Å²) >= 11 is 0. The Morgan fingerprint density at radius 1 is 1.08 bits per heavy atom. The molecule has 24 heavy (non-hydrogen) atoms. The molecule has 2 aliphatic rings. The largest absolute Gasteiger partial charge is 0.438 e. The molecule has 0 N–H and O–H groups in total. The molecule has 1 aliphatic carbocycles. The van der Waals surface area contributed by atoms with Gasteiger partial charge < -0.3 is 9.47 Å². The zero-order valence-corrected chi connectivity index (χ0v) is 12.9. The SMILES string of the molecule is CC1OC(OC=O)CC2=C1C(=O)c1cc3ccccc3cc1C2=O. The summed E-state index contributed by atoms with van der Waals surface area (Å²) in [5.41, 5.74) is 1.56. The first-order valence-corrected chi connectivity index (χ1v) is 7.70. The first kappa shape index (κ1) is 14.8. The van der Waals surface area contributed by atoms with Crippen molar-refractivity contribution in [3.05, 3.63) is 58.7 Å². The van der Waals surface area contributed by atoms with E-state index in [1.807, 2.05) is 24.3 Å². The van der Waals surface area contributed by atoms with E-state index >= 15 is 0 Å². The number of hydrogen-bond acceptors (Lipinski definition) is 5. The predicted octanol–water partition coefficient (Wildman–Crippen LogP) is 2.82. The molecule has 0 saturated carbocycles. The van der Waals surface area contributed by atoms with Crippen molar-refractivity contribution < 1.29 is 23.9 Å². The molecule has 0 bridgehead atoms. The van der Waals surface area contributed by atoms with Crippen molar-refractivity contribution in [3.63, 3.8) is 0 Å². The van der Waals surface area contributed by atoms with Gasteiger partial charge in [0.25, 0.3) is 6.47 Å². The molecule has 5 heteroatoms. The summed E-state index contributed by atoms with van der Waals surface area (Å²) in [6.07, 6.45) is -1.35. The van der Waals surface area contributed by atoms with Crippen LogP contribution in [-0.4, -0.2) is 30.4 Å². The second-order valence-corrected chi connectivity index (χ2v) is 5.94. The third-order valence-electron chi connectivity index (χ3n) is 4.56. The lowest BCUT2D eigenvalue weighted by Gasteiger charge is -2.33. The van der Waals surface area contributed by atoms with Gasteiger partial charge in [-0.15, -0.1) is 0 Å². The van der Waals surface area contributed by atoms with E-state index in [9.17, 15) is 14.4 Å². The summed E-state index contributed by atoms with van der Waals surface area (Å²) in [6.45, 7) is 1.98. The molecule has 0 radical (unpaired) electrons. The molecule has 2 unspecified atom stereocenters. The second-order valence-electron chi connectivity index (χ2n) is 5.94. The fourth-order valence-corrected chi connectivity index (χ4v) is 3.47. The summed E-state index contributed by atoms with van der Waals surface area (Å²) in [5.74, 6) is -0.387. The van der Waals surface area contributed by atoms with Crippen LogP contribution in [0, 0.1) is 0 Å². The predicted molar refractivity (Wildman–Crippen MR) is 85.7 cm³/mol. The van der Waals surface area contributed by atoms with E-state index in [4.69, 9.17) is 9.47 Å². The number of rotatable bonds is 2. The lowest BCUT2D eigenvalue weighted by molar-refractivity contribution is -0.172. The third kappa shape index (κ3) is 2.09. The van der Waals surface area contributed by atoms with Crippen LogP contribution < -0.4 is 0 Å². The summed E-state index contributed by atoms with van der Waals surface area (Å²) in [7, 11) is 0. The van der Waals surface area contributed by atoms with E-state index in [2.05, 4.69) is 0 Å². The Morgan fingerprint density at radius 3 is 2.33 bits per heavy atom. The Labute approximate surface area is 137 Å². The van der Waals surface area contributed by atoms with Crippen molar-refractivity contribution in [2.75, 3.05) is 0 Å². The molecule has 0 aromatic heterocycles. The molecule has 0 amide bonds. The van der Waals surface area contributed by atoms with Gasteiger partial charge in [0, 0.05) is 28.7 Å². The standard InChI is InChI=1S/C19H14O5/c1-10-17-15(8-16(24-10)23-9-20)18(21)13-6-11-4-2-3-5-12(11)7-14(13)19(17)22/h2-7,9-10,16H,8H2,1H3. The van der Waals surface area contributed by atoms with Gasteiger partial charge in [-0.2, -0.15) is 0 Å². The lowest BCUT2D eigenvalue weighted by Crippen LogP contribution is -2.38. The first-order chi connectivity index (χ1) is 11.6. The number of benzene rings is 2. The van der Waals surface area contributed by atoms with Crippen LogP contribution in [-0.2, 0) is 14.3 Å². The number of Topliss-reactive ketones (excluding diaryl/α,β-unsaturated/α-hetero) is 2. The highest BCUT2D eigenvalue weighted by atomic mass is 16.7. The van der Waals surface area contributed by atoms with Gasteiger partial charge in [-0.05, 0) is 29.8 Å². The van der Waals surface area contributed by atoms with Gasteiger partial charge in [0.05, 0.1) is 6.10 Å². The van der Waals surface area contributed by atoms with Crippen LogP contribution in [0.4, 0.5) is 0 Å². The van der Waals surface area contributed by atoms with Crippen molar-refractivity contribution in [2.24, 2.45) is 0 Å². The molecule has 2 atom stereocenters. The van der Waals surface area contributed by atoms with Gasteiger partial charge in [0.1, 0.15) is 0 Å². The van der Waals surface area contributed by atoms with Gasteiger partial charge >= 0.3 is 0 Å². The molecule has 2 aromatic carbocycles. The van der Waals surface area contributed by atoms with Gasteiger partial charge in [0.15, 0.2) is 11.6 Å². The monoisotopic (exact) mass is 322 g/mol. The average Bonchev–Trinajstić information content (AvgIpc) is 2.58. The van der Waals surface area contributed by atoms with Gasteiger partial charge in [0.2, 0.25) is 6.29 Å². The number of hydrogen-bond donors (Lipinski definition) is 0. The number of carbonyl (C=O) groups excluding carboxylic acids is 3. The van der Waals surface area contributed by atoms with Crippen LogP contribution in [0.2, 0.25) is 0 Å². The minimum atomic E-state index is -0.838. The molecule has 4 rings (SSSR count). The number of ketones is 2. The Bertz CT molecular complexity index is 924. The number of fused-ring (bicyclic) bond motifs is 2. The van der Waals surface area contributed by atoms with Crippen LogP contribution in [0.15, 0.2) is 47.5 Å². The normalized spacial score (nSPS) is 23.0. The first-order valence-electron chi connectivity index (χ1n) is 7.70. The van der Waals surface area contributed by atoms with E-state index in [-0.39, 0.29) is 18.0 Å². The van der Waals surface area contributed by atoms with Gasteiger partial charge in [-0.25, -0.2) is 0 Å². The summed E-state index contributed by atoms with van der Waals surface area (Å²) in [5, 5.41) is 1.82. The van der Waals surface area contributed by atoms with E-state index < -0.39 is 12.4 Å². The maximum absolute atomic E-state index is 12.9. The van der Waals surface area contributed by atoms with Crippen LogP contribution in [0.3, 0.4) is 0 Å². The van der Waals surface area contributed by atoms with Crippen LogP contribution in [0.5, 0.6) is 0 Å². The minimum absolute atomic E-state index is 0.0925. The number of ether oxygens (including phenoxy) is 2. The summed E-state index contributed by atoms with van der Waals surface area (Å²) < 4.78 is 10.4. The summed E-state index contributed by atoms with van der Waals surface area (Å²) in [4.78, 5) is 36.4. The minimum Gasteiger partial charge on any atom is -0.438 e. The van der Waals surface area contributed by atoms with E-state index in [0.717, 1.165) is 10.8 Å². The molecule has 0 saturated heterocycles. The van der Waals surface area contributed by atoms with Crippen molar-refractivity contribution in [3.8, 4) is 0 Å². The maximum Gasteiger partial charge on any atom is 0.295 e. The fraction of sp³-hybridized carbons (Fsp3) is 0.211. The zero-order chi connectivity index (χ0) is 16.8. The van der Waals surface area contributed by atoms with Crippen LogP contribution >= 0.6 is 0 Å². The Hall–Kier alpha value is -2.79. The van der Waals surface area contributed by atoms with Crippen molar-refractivity contribution >= 4 is 28.8 Å². The molecule has 0 spiro atoms. The van der Waals surface area contributed by atoms with E-state index in [0.29, 0.717) is 28.7 Å². The maximum atomic E-state index is 12.9. The summed E-state index contributed by atoms with van der Waals surface area (Å²) in [6, 6.07) is 11.1. The second kappa shape index (κ2) is 5.39. The molecule has 1 aliphatic heterocycles. The molecular weight excluding hydrogens is 308 g/mol. The molecule has 120 valence electrons. The van der Waals surface area contributed by atoms with Gasteiger partial charge in [-0.1, -0.05) is 24.3 Å². The van der Waals surface area contributed by atoms with Crippen LogP contribution in [0.25, 0.3) is 10.8 Å². The van der Waals surface area contributed by atoms with Gasteiger partial charge in [-0.3, -0.25) is 14.4 Å². The highest BCUT2D eigenvalue weighted by molar-refractivity contribution is 6.28. The van der Waals surface area contributed by atoms with Crippen molar-refractivity contribution in [1.82, 2.24) is 0 Å². The zero-order valence-electron chi connectivity index (χ0n) is 12.9. The van der Waals surface area contributed by atoms with Crippen molar-refractivity contribution in [1.29, 1.82) is 0 Å². The van der Waals surface area contributed by atoms with Crippen LogP contribution in [0.1, 0.15) is 34.1 Å². The highest BCUT2D eigenvalue weighted by Crippen LogP contribution is 2.37. The average molecular weight is 322 g/mol. The highest BCUT2D eigenvalue weighted by Gasteiger charge is 2.40. The topological polar surface area (TPSA) is 69.7 Å². The van der Waals surface area contributed by atoms with E-state index in [1.165, 1.54) is 0 Å². The Balaban J connectivity index is 1.88. The fourth-order valence-electron chi connectivity index (χ4n) is 3.47.